The monoisotopic (exact) mass is 606 g/mol. The van der Waals surface area contributed by atoms with Crippen LogP contribution in [0, 0.1) is 45.8 Å². The molecule has 1 heterocycles. The Balaban J connectivity index is 1.40. The number of methoxy groups -OCH3 is 1. The topological polar surface area (TPSA) is 66.4 Å². The van der Waals surface area contributed by atoms with E-state index in [1.807, 2.05) is 0 Å². The molecule has 5 rings (SSSR count). The van der Waals surface area contributed by atoms with Crippen molar-refractivity contribution in [2.75, 3.05) is 27.1 Å². The SMILES string of the molecule is COCO[C@H]1C[C@H](O[Si](C)(C)C(C)(C)C)CC2=C[C@@H](O)[C@H]3[C@@H]4CC[C@H](C(C)C5OCC(C)(C)CO5)[C@@]4(C)CC[C@@H]3[C@]21C. The minimum atomic E-state index is -1.95. The van der Waals surface area contributed by atoms with E-state index in [1.54, 1.807) is 7.11 Å². The molecule has 0 spiro atoms. The molecule has 1 aliphatic heterocycles. The standard InChI is InChI=1S/C35H62O6Si/c1-22(31-38-19-33(5,6)20-39-31)25-12-13-26-30-27(14-15-34(25,26)7)35(8)23(17-28(30)36)16-24(18-29(35)40-21-37-9)41-42(10,11)32(2,3)4/h17,22,24-31,36H,12-16,18-21H2,1-11H3/t22?,24-,25-,26+,27+,28-,29+,30+,34-,35+/m1/s1. The lowest BCUT2D eigenvalue weighted by atomic mass is 9.45. The molecule has 5 aliphatic rings. The van der Waals surface area contributed by atoms with E-state index in [0.29, 0.717) is 30.5 Å². The summed E-state index contributed by atoms with van der Waals surface area (Å²) in [6.45, 7) is 25.1. The number of fused-ring (bicyclic) bond motifs is 5. The zero-order chi connectivity index (χ0) is 30.9. The van der Waals surface area contributed by atoms with Crippen LogP contribution in [0.4, 0.5) is 0 Å². The average Bonchev–Trinajstić information content (AvgIpc) is 3.24. The second-order valence-electron chi connectivity index (χ2n) is 17.5. The summed E-state index contributed by atoms with van der Waals surface area (Å²) >= 11 is 0. The van der Waals surface area contributed by atoms with Crippen LogP contribution in [0.25, 0.3) is 0 Å². The Labute approximate surface area is 257 Å². The van der Waals surface area contributed by atoms with Gasteiger partial charge in [0.1, 0.15) is 6.79 Å². The molecule has 42 heavy (non-hydrogen) atoms. The number of ether oxygens (including phenoxy) is 4. The van der Waals surface area contributed by atoms with Gasteiger partial charge >= 0.3 is 0 Å². The molecule has 6 nitrogen and oxygen atoms in total. The van der Waals surface area contributed by atoms with Gasteiger partial charge in [0.2, 0.25) is 0 Å². The Hall–Kier alpha value is -0.283. The van der Waals surface area contributed by atoms with Crippen molar-refractivity contribution in [2.24, 2.45) is 45.8 Å². The van der Waals surface area contributed by atoms with Gasteiger partial charge in [-0.25, -0.2) is 0 Å². The van der Waals surface area contributed by atoms with Gasteiger partial charge in [-0.2, -0.15) is 0 Å². The smallest absolute Gasteiger partial charge is 0.192 e. The van der Waals surface area contributed by atoms with Crippen molar-refractivity contribution in [3.05, 3.63) is 11.6 Å². The van der Waals surface area contributed by atoms with Gasteiger partial charge < -0.3 is 28.5 Å². The van der Waals surface area contributed by atoms with Crippen molar-refractivity contribution < 1.29 is 28.5 Å². The highest BCUT2D eigenvalue weighted by atomic mass is 28.4. The zero-order valence-corrected chi connectivity index (χ0v) is 29.6. The van der Waals surface area contributed by atoms with Crippen molar-refractivity contribution >= 4 is 8.32 Å². The molecular weight excluding hydrogens is 544 g/mol. The molecular formula is C35H62O6Si. The molecule has 1 N–H and O–H groups in total. The lowest BCUT2D eigenvalue weighted by Gasteiger charge is -2.61. The summed E-state index contributed by atoms with van der Waals surface area (Å²) in [4.78, 5) is 0. The molecule has 1 saturated heterocycles. The van der Waals surface area contributed by atoms with Crippen LogP contribution in [0.2, 0.25) is 18.1 Å². The van der Waals surface area contributed by atoms with E-state index in [-0.39, 0.29) is 45.7 Å². The molecule has 7 heteroatoms. The van der Waals surface area contributed by atoms with Crippen molar-refractivity contribution in [1.29, 1.82) is 0 Å². The minimum Gasteiger partial charge on any atom is -0.414 e. The summed E-state index contributed by atoms with van der Waals surface area (Å²) in [6, 6.07) is 0. The largest absolute Gasteiger partial charge is 0.414 e. The maximum absolute atomic E-state index is 11.9. The molecule has 0 bridgehead atoms. The van der Waals surface area contributed by atoms with E-state index in [1.165, 1.54) is 24.8 Å². The fourth-order valence-electron chi connectivity index (χ4n) is 9.83. The van der Waals surface area contributed by atoms with Gasteiger partial charge in [0, 0.05) is 23.9 Å². The molecule has 0 aromatic heterocycles. The Bertz CT molecular complexity index is 994. The lowest BCUT2D eigenvalue weighted by Crippen LogP contribution is -2.60. The molecule has 0 aromatic rings. The van der Waals surface area contributed by atoms with E-state index >= 15 is 0 Å². The third-order valence-corrected chi connectivity index (χ3v) is 17.8. The first-order valence-corrected chi connectivity index (χ1v) is 19.8. The molecule has 242 valence electrons. The van der Waals surface area contributed by atoms with Crippen molar-refractivity contribution in [1.82, 2.24) is 0 Å². The van der Waals surface area contributed by atoms with Gasteiger partial charge in [0.05, 0.1) is 31.5 Å². The summed E-state index contributed by atoms with van der Waals surface area (Å²) in [5.74, 6) is 1.99. The van der Waals surface area contributed by atoms with Crippen LogP contribution >= 0.6 is 0 Å². The van der Waals surface area contributed by atoms with Gasteiger partial charge in [-0.3, -0.25) is 0 Å². The normalized spacial score (nSPS) is 43.2. The zero-order valence-electron chi connectivity index (χ0n) is 28.6. The highest BCUT2D eigenvalue weighted by Gasteiger charge is 2.64. The number of aliphatic hydroxyl groups excluding tert-OH is 1. The highest BCUT2D eigenvalue weighted by Crippen LogP contribution is 2.68. The molecule has 0 radical (unpaired) electrons. The second-order valence-corrected chi connectivity index (χ2v) is 22.3. The Kier molecular flexibility index (Phi) is 9.06. The third-order valence-electron chi connectivity index (χ3n) is 13.2. The van der Waals surface area contributed by atoms with Crippen LogP contribution in [0.3, 0.4) is 0 Å². The number of hydrogen-bond donors (Lipinski definition) is 1. The summed E-state index contributed by atoms with van der Waals surface area (Å²) < 4.78 is 31.6. The summed E-state index contributed by atoms with van der Waals surface area (Å²) in [7, 11) is -0.237. The molecule has 1 unspecified atom stereocenters. The first-order chi connectivity index (χ1) is 19.4. The fourth-order valence-corrected chi connectivity index (χ4v) is 11.2. The van der Waals surface area contributed by atoms with Crippen molar-refractivity contribution in [3.8, 4) is 0 Å². The highest BCUT2D eigenvalue weighted by molar-refractivity contribution is 6.74. The van der Waals surface area contributed by atoms with Gasteiger partial charge in [0.25, 0.3) is 0 Å². The van der Waals surface area contributed by atoms with E-state index in [4.69, 9.17) is 23.4 Å². The maximum atomic E-state index is 11.9. The first-order valence-electron chi connectivity index (χ1n) is 16.9. The Morgan fingerprint density at radius 3 is 2.33 bits per heavy atom. The second kappa shape index (κ2) is 11.5. The molecule has 0 aromatic carbocycles. The summed E-state index contributed by atoms with van der Waals surface area (Å²) in [6.07, 6.45) is 8.25. The van der Waals surface area contributed by atoms with Gasteiger partial charge in [-0.15, -0.1) is 0 Å². The third kappa shape index (κ3) is 5.64. The fraction of sp³-hybridized carbons (Fsp3) is 0.943. The van der Waals surface area contributed by atoms with E-state index in [0.717, 1.165) is 32.5 Å². The number of aliphatic hydroxyl groups is 1. The summed E-state index contributed by atoms with van der Waals surface area (Å²) in [5.41, 5.74) is 1.49. The van der Waals surface area contributed by atoms with Crippen LogP contribution in [0.15, 0.2) is 11.6 Å². The van der Waals surface area contributed by atoms with Crippen LogP contribution < -0.4 is 0 Å². The van der Waals surface area contributed by atoms with E-state index in [9.17, 15) is 5.11 Å². The van der Waals surface area contributed by atoms with Crippen molar-refractivity contribution in [2.45, 2.75) is 137 Å². The van der Waals surface area contributed by atoms with E-state index < -0.39 is 14.4 Å². The molecule has 0 amide bonds. The van der Waals surface area contributed by atoms with Crippen LogP contribution in [0.5, 0.6) is 0 Å². The minimum absolute atomic E-state index is 0.0140. The van der Waals surface area contributed by atoms with Crippen LogP contribution in [0.1, 0.15) is 93.9 Å². The maximum Gasteiger partial charge on any atom is 0.192 e. The Morgan fingerprint density at radius 2 is 1.71 bits per heavy atom. The first kappa shape index (κ1) is 33.1. The lowest BCUT2D eigenvalue weighted by molar-refractivity contribution is -0.253. The quantitative estimate of drug-likeness (QED) is 0.183. The molecule has 3 saturated carbocycles. The van der Waals surface area contributed by atoms with Crippen LogP contribution in [-0.2, 0) is 23.4 Å². The number of rotatable bonds is 7. The van der Waals surface area contributed by atoms with Crippen molar-refractivity contribution in [3.63, 3.8) is 0 Å². The predicted molar refractivity (Wildman–Crippen MR) is 169 cm³/mol. The average molecular weight is 607 g/mol. The molecule has 4 aliphatic carbocycles. The molecule has 10 atom stereocenters. The number of hydrogen-bond acceptors (Lipinski definition) is 6. The van der Waals surface area contributed by atoms with Crippen LogP contribution in [-0.4, -0.2) is 65.1 Å². The Morgan fingerprint density at radius 1 is 1.05 bits per heavy atom. The predicted octanol–water partition coefficient (Wildman–Crippen LogP) is 7.56. The van der Waals surface area contributed by atoms with Gasteiger partial charge in [0.15, 0.2) is 14.6 Å². The molecule has 4 fully saturated rings. The van der Waals surface area contributed by atoms with Gasteiger partial charge in [-0.05, 0) is 85.7 Å². The van der Waals surface area contributed by atoms with E-state index in [2.05, 4.69) is 74.6 Å². The van der Waals surface area contributed by atoms with Gasteiger partial charge in [-0.1, -0.05) is 67.0 Å². The summed E-state index contributed by atoms with van der Waals surface area (Å²) in [5, 5.41) is 12.1.